The zero-order valence-corrected chi connectivity index (χ0v) is 15.3. The smallest absolute Gasteiger partial charge is 0.272 e. The molecule has 0 atom stereocenters. The van der Waals surface area contributed by atoms with Crippen LogP contribution in [0.1, 0.15) is 11.3 Å². The zero-order valence-electron chi connectivity index (χ0n) is 15.3. The van der Waals surface area contributed by atoms with Crippen molar-refractivity contribution in [3.05, 3.63) is 70.1 Å². The van der Waals surface area contributed by atoms with Crippen LogP contribution < -0.4 is 10.5 Å². The third kappa shape index (κ3) is 3.43. The lowest BCUT2D eigenvalue weighted by atomic mass is 10.1. The lowest BCUT2D eigenvalue weighted by molar-refractivity contribution is -0.130. The first kappa shape index (κ1) is 17.3. The number of fused-ring (bicyclic) bond motifs is 1. The molecule has 0 saturated carbocycles. The summed E-state index contributed by atoms with van der Waals surface area (Å²) < 4.78 is 0. The van der Waals surface area contributed by atoms with Crippen molar-refractivity contribution in [2.75, 3.05) is 31.1 Å². The number of aromatic amines is 1. The van der Waals surface area contributed by atoms with Crippen LogP contribution in [-0.2, 0) is 11.2 Å². The molecule has 1 saturated heterocycles. The van der Waals surface area contributed by atoms with Gasteiger partial charge in [-0.05, 0) is 24.6 Å². The monoisotopic (exact) mass is 362 g/mol. The van der Waals surface area contributed by atoms with Gasteiger partial charge in [-0.3, -0.25) is 9.59 Å². The van der Waals surface area contributed by atoms with E-state index in [0.717, 1.165) is 18.5 Å². The summed E-state index contributed by atoms with van der Waals surface area (Å²) in [5.74, 6) is 0.0455. The first-order chi connectivity index (χ1) is 13.1. The van der Waals surface area contributed by atoms with Gasteiger partial charge in [-0.25, -0.2) is 5.10 Å². The van der Waals surface area contributed by atoms with Crippen molar-refractivity contribution >= 4 is 22.4 Å². The molecular weight excluding hydrogens is 340 g/mol. The van der Waals surface area contributed by atoms with Crippen LogP contribution in [0.2, 0.25) is 0 Å². The fraction of sp³-hybridized carbons (Fsp3) is 0.286. The second-order valence-corrected chi connectivity index (χ2v) is 6.88. The van der Waals surface area contributed by atoms with Crippen LogP contribution >= 0.6 is 0 Å². The number of anilines is 1. The molecule has 0 radical (unpaired) electrons. The lowest BCUT2D eigenvalue weighted by Crippen LogP contribution is -2.49. The van der Waals surface area contributed by atoms with Gasteiger partial charge in [0.15, 0.2) is 0 Å². The molecule has 138 valence electrons. The van der Waals surface area contributed by atoms with E-state index in [9.17, 15) is 9.59 Å². The molecule has 6 heteroatoms. The number of carbonyl (C=O) groups is 1. The van der Waals surface area contributed by atoms with Gasteiger partial charge in [-0.1, -0.05) is 36.4 Å². The molecule has 1 fully saturated rings. The van der Waals surface area contributed by atoms with Gasteiger partial charge in [0.05, 0.1) is 17.5 Å². The average molecular weight is 362 g/mol. The van der Waals surface area contributed by atoms with E-state index in [1.165, 1.54) is 11.3 Å². The summed E-state index contributed by atoms with van der Waals surface area (Å²) in [6.07, 6.45) is 0.196. The number of nitrogens with zero attached hydrogens (tertiary/aromatic N) is 3. The fourth-order valence-electron chi connectivity index (χ4n) is 3.68. The van der Waals surface area contributed by atoms with Crippen molar-refractivity contribution in [2.24, 2.45) is 0 Å². The summed E-state index contributed by atoms with van der Waals surface area (Å²) >= 11 is 0. The molecule has 2 aromatic carbocycles. The number of hydrogen-bond donors (Lipinski definition) is 1. The van der Waals surface area contributed by atoms with Crippen LogP contribution in [0.5, 0.6) is 0 Å². The molecule has 4 rings (SSSR count). The number of aryl methyl sites for hydroxylation is 1. The van der Waals surface area contributed by atoms with E-state index in [-0.39, 0.29) is 17.9 Å². The van der Waals surface area contributed by atoms with Crippen LogP contribution in [0.4, 0.5) is 5.69 Å². The van der Waals surface area contributed by atoms with Crippen LogP contribution in [0.15, 0.2) is 53.3 Å². The largest absolute Gasteiger partial charge is 0.368 e. The van der Waals surface area contributed by atoms with E-state index in [1.807, 2.05) is 35.2 Å². The summed E-state index contributed by atoms with van der Waals surface area (Å²) in [5.41, 5.74) is 2.88. The molecule has 3 aromatic rings. The van der Waals surface area contributed by atoms with E-state index in [2.05, 4.69) is 34.2 Å². The van der Waals surface area contributed by atoms with Gasteiger partial charge in [-0.2, -0.15) is 5.10 Å². The molecule has 0 aliphatic carbocycles. The molecule has 1 aliphatic rings. The molecule has 0 unspecified atom stereocenters. The molecule has 2 heterocycles. The van der Waals surface area contributed by atoms with E-state index in [4.69, 9.17) is 0 Å². The minimum atomic E-state index is -0.228. The minimum Gasteiger partial charge on any atom is -0.368 e. The van der Waals surface area contributed by atoms with Crippen molar-refractivity contribution < 1.29 is 4.79 Å². The molecule has 27 heavy (non-hydrogen) atoms. The van der Waals surface area contributed by atoms with Gasteiger partial charge in [0.2, 0.25) is 5.91 Å². The van der Waals surface area contributed by atoms with Gasteiger partial charge in [0.1, 0.15) is 0 Å². The van der Waals surface area contributed by atoms with E-state index < -0.39 is 0 Å². The molecule has 1 amide bonds. The number of piperazine rings is 1. The van der Waals surface area contributed by atoms with Gasteiger partial charge in [0.25, 0.3) is 5.56 Å². The Labute approximate surface area is 157 Å². The van der Waals surface area contributed by atoms with Crippen LogP contribution in [0, 0.1) is 6.92 Å². The summed E-state index contributed by atoms with van der Waals surface area (Å²) in [7, 11) is 0. The van der Waals surface area contributed by atoms with Crippen LogP contribution in [-0.4, -0.2) is 47.2 Å². The highest BCUT2D eigenvalue weighted by Gasteiger charge is 2.23. The Morgan fingerprint density at radius 2 is 1.67 bits per heavy atom. The molecule has 0 spiro atoms. The van der Waals surface area contributed by atoms with E-state index >= 15 is 0 Å². The van der Waals surface area contributed by atoms with Crippen molar-refractivity contribution in [3.63, 3.8) is 0 Å². The summed E-state index contributed by atoms with van der Waals surface area (Å²) in [5, 5.41) is 7.93. The summed E-state index contributed by atoms with van der Waals surface area (Å²) in [4.78, 5) is 28.9. The highest BCUT2D eigenvalue weighted by molar-refractivity contribution is 5.88. The van der Waals surface area contributed by atoms with Crippen molar-refractivity contribution in [2.45, 2.75) is 13.3 Å². The number of rotatable bonds is 3. The second-order valence-electron chi connectivity index (χ2n) is 6.88. The van der Waals surface area contributed by atoms with Crippen LogP contribution in [0.25, 0.3) is 10.8 Å². The third-order valence-electron chi connectivity index (χ3n) is 5.18. The van der Waals surface area contributed by atoms with Gasteiger partial charge in [-0.15, -0.1) is 0 Å². The minimum absolute atomic E-state index is 0.0455. The van der Waals surface area contributed by atoms with Crippen molar-refractivity contribution in [1.82, 2.24) is 15.1 Å². The SMILES string of the molecule is Cc1ccccc1N1CCN(C(=O)Cc2n[nH]c(=O)c3ccccc23)CC1. The normalized spacial score (nSPS) is 14.6. The van der Waals surface area contributed by atoms with Gasteiger partial charge < -0.3 is 9.80 Å². The number of benzene rings is 2. The Morgan fingerprint density at radius 3 is 2.41 bits per heavy atom. The number of nitrogens with one attached hydrogen (secondary N) is 1. The Balaban J connectivity index is 1.46. The zero-order chi connectivity index (χ0) is 18.8. The predicted molar refractivity (Wildman–Crippen MR) is 106 cm³/mol. The van der Waals surface area contributed by atoms with Crippen LogP contribution in [0.3, 0.4) is 0 Å². The fourth-order valence-corrected chi connectivity index (χ4v) is 3.68. The summed E-state index contributed by atoms with van der Waals surface area (Å²) in [6.45, 7) is 5.12. The van der Waals surface area contributed by atoms with E-state index in [1.54, 1.807) is 6.07 Å². The third-order valence-corrected chi connectivity index (χ3v) is 5.18. The quantitative estimate of drug-likeness (QED) is 0.775. The second kappa shape index (κ2) is 7.23. The van der Waals surface area contributed by atoms with E-state index in [0.29, 0.717) is 24.2 Å². The number of aromatic nitrogens is 2. The Hall–Kier alpha value is -3.15. The maximum Gasteiger partial charge on any atom is 0.272 e. The topological polar surface area (TPSA) is 69.3 Å². The molecular formula is C21H22N4O2. The maximum atomic E-state index is 12.8. The number of hydrogen-bond acceptors (Lipinski definition) is 4. The molecule has 6 nitrogen and oxygen atoms in total. The highest BCUT2D eigenvalue weighted by atomic mass is 16.2. The first-order valence-corrected chi connectivity index (χ1v) is 9.18. The maximum absolute atomic E-state index is 12.8. The number of para-hydroxylation sites is 1. The molecule has 1 aromatic heterocycles. The van der Waals surface area contributed by atoms with Crippen molar-refractivity contribution in [3.8, 4) is 0 Å². The Bertz CT molecular complexity index is 1040. The van der Waals surface area contributed by atoms with Gasteiger partial charge in [0, 0.05) is 37.3 Å². The Kier molecular flexibility index (Phi) is 4.62. The van der Waals surface area contributed by atoms with Crippen molar-refractivity contribution in [1.29, 1.82) is 0 Å². The molecule has 0 bridgehead atoms. The number of amides is 1. The van der Waals surface area contributed by atoms with Gasteiger partial charge >= 0.3 is 0 Å². The standard InChI is InChI=1S/C21H22N4O2/c1-15-6-2-5-9-19(15)24-10-12-25(13-11-24)20(26)14-18-16-7-3-4-8-17(16)21(27)23-22-18/h2-9H,10-14H2,1H3,(H,23,27). The number of H-pyrrole nitrogens is 1. The number of carbonyl (C=O) groups excluding carboxylic acids is 1. The Morgan fingerprint density at radius 1 is 1.00 bits per heavy atom. The molecule has 1 aliphatic heterocycles. The average Bonchev–Trinajstić information content (AvgIpc) is 2.71. The highest BCUT2D eigenvalue weighted by Crippen LogP contribution is 2.21. The lowest BCUT2D eigenvalue weighted by Gasteiger charge is -2.36. The first-order valence-electron chi connectivity index (χ1n) is 9.18. The molecule has 1 N–H and O–H groups in total. The summed E-state index contributed by atoms with van der Waals surface area (Å²) in [6, 6.07) is 15.6. The predicted octanol–water partition coefficient (Wildman–Crippen LogP) is 2.12.